The average molecular weight is 296 g/mol. The van der Waals surface area contributed by atoms with Crippen molar-refractivity contribution in [2.45, 2.75) is 52.5 Å². The van der Waals surface area contributed by atoms with E-state index in [0.717, 1.165) is 25.8 Å². The Hall–Kier alpha value is -1.10. The second-order valence-electron chi connectivity index (χ2n) is 6.79. The van der Waals surface area contributed by atoms with E-state index in [1.165, 1.54) is 6.42 Å². The Morgan fingerprint density at radius 2 is 2.10 bits per heavy atom. The van der Waals surface area contributed by atoms with Crippen LogP contribution in [0.4, 0.5) is 0 Å². The smallest absolute Gasteiger partial charge is 0.330 e. The van der Waals surface area contributed by atoms with E-state index >= 15 is 0 Å². The molecule has 2 rings (SSSR count). The van der Waals surface area contributed by atoms with E-state index in [4.69, 9.17) is 4.74 Å². The number of carbonyl (C=O) groups excluding carboxylic acids is 2. The zero-order valence-electron chi connectivity index (χ0n) is 13.5. The summed E-state index contributed by atoms with van der Waals surface area (Å²) in [7, 11) is 0. The number of ether oxygens (including phenoxy) is 1. The molecule has 0 aromatic carbocycles. The molecule has 2 atom stereocenters. The summed E-state index contributed by atoms with van der Waals surface area (Å²) < 4.78 is 5.13. The van der Waals surface area contributed by atoms with Crippen molar-refractivity contribution in [1.29, 1.82) is 0 Å². The average Bonchev–Trinajstić information content (AvgIpc) is 2.46. The molecule has 1 saturated carbocycles. The minimum atomic E-state index is -0.469. The Balaban J connectivity index is 2.12. The summed E-state index contributed by atoms with van der Waals surface area (Å²) in [5.74, 6) is -0.118. The first kappa shape index (κ1) is 16.3. The van der Waals surface area contributed by atoms with Gasteiger partial charge in [0, 0.05) is 25.6 Å². The van der Waals surface area contributed by atoms with Gasteiger partial charge in [-0.25, -0.2) is 4.79 Å². The Labute approximate surface area is 127 Å². The van der Waals surface area contributed by atoms with Gasteiger partial charge in [0.25, 0.3) is 0 Å². The van der Waals surface area contributed by atoms with E-state index in [2.05, 4.69) is 19.2 Å². The minimum Gasteiger partial charge on any atom is -0.464 e. The third-order valence-corrected chi connectivity index (χ3v) is 4.89. The first-order valence-electron chi connectivity index (χ1n) is 8.15. The minimum absolute atomic E-state index is 0.0272. The Morgan fingerprint density at radius 1 is 1.33 bits per heavy atom. The number of nitrogens with one attached hydrogen (secondary N) is 1. The van der Waals surface area contributed by atoms with Crippen molar-refractivity contribution in [2.75, 3.05) is 26.2 Å². The highest BCUT2D eigenvalue weighted by atomic mass is 16.5. The van der Waals surface area contributed by atoms with Gasteiger partial charge in [0.15, 0.2) is 0 Å². The summed E-state index contributed by atoms with van der Waals surface area (Å²) in [6.45, 7) is 8.34. The van der Waals surface area contributed by atoms with Crippen LogP contribution < -0.4 is 5.32 Å². The van der Waals surface area contributed by atoms with Gasteiger partial charge in [0.1, 0.15) is 6.04 Å². The van der Waals surface area contributed by atoms with E-state index < -0.39 is 6.04 Å². The van der Waals surface area contributed by atoms with E-state index in [-0.39, 0.29) is 23.2 Å². The summed E-state index contributed by atoms with van der Waals surface area (Å²) in [6, 6.07) is -0.469. The first-order valence-corrected chi connectivity index (χ1v) is 8.15. The molecule has 1 aliphatic carbocycles. The quantitative estimate of drug-likeness (QED) is 0.803. The van der Waals surface area contributed by atoms with Gasteiger partial charge in [-0.1, -0.05) is 26.7 Å². The highest BCUT2D eigenvalue weighted by Gasteiger charge is 2.43. The van der Waals surface area contributed by atoms with E-state index in [9.17, 15) is 9.59 Å². The molecule has 0 radical (unpaired) electrons. The molecule has 1 heterocycles. The van der Waals surface area contributed by atoms with Crippen molar-refractivity contribution in [3.63, 3.8) is 0 Å². The molecule has 0 spiro atoms. The van der Waals surface area contributed by atoms with Gasteiger partial charge in [0.05, 0.1) is 6.61 Å². The summed E-state index contributed by atoms with van der Waals surface area (Å²) in [5.41, 5.74) is 0.0272. The van der Waals surface area contributed by atoms with Gasteiger partial charge < -0.3 is 15.0 Å². The fourth-order valence-electron chi connectivity index (χ4n) is 3.57. The maximum Gasteiger partial charge on any atom is 0.330 e. The SMILES string of the molecule is CCOC(=O)C1CNCCN1C(=O)C1CCCCC1(C)C. The molecule has 1 saturated heterocycles. The molecule has 1 aliphatic heterocycles. The van der Waals surface area contributed by atoms with E-state index in [1.807, 2.05) is 0 Å². The molecule has 5 nitrogen and oxygen atoms in total. The largest absolute Gasteiger partial charge is 0.464 e. The third-order valence-electron chi connectivity index (χ3n) is 4.89. The van der Waals surface area contributed by atoms with Crippen molar-refractivity contribution >= 4 is 11.9 Å². The molecule has 120 valence electrons. The summed E-state index contributed by atoms with van der Waals surface area (Å²) in [6.07, 6.45) is 4.32. The van der Waals surface area contributed by atoms with Crippen LogP contribution in [0.5, 0.6) is 0 Å². The predicted molar refractivity (Wildman–Crippen MR) is 80.7 cm³/mol. The summed E-state index contributed by atoms with van der Waals surface area (Å²) in [5, 5.41) is 3.19. The van der Waals surface area contributed by atoms with E-state index in [0.29, 0.717) is 19.7 Å². The lowest BCUT2D eigenvalue weighted by Crippen LogP contribution is -2.59. The fourth-order valence-corrected chi connectivity index (χ4v) is 3.57. The number of esters is 1. The van der Waals surface area contributed by atoms with Gasteiger partial charge in [-0.2, -0.15) is 0 Å². The lowest BCUT2D eigenvalue weighted by molar-refractivity contribution is -0.159. The maximum atomic E-state index is 13.0. The topological polar surface area (TPSA) is 58.6 Å². The molecule has 0 bridgehead atoms. The van der Waals surface area contributed by atoms with Crippen LogP contribution >= 0.6 is 0 Å². The number of rotatable bonds is 3. The van der Waals surface area contributed by atoms with Crippen LogP contribution in [0.15, 0.2) is 0 Å². The molecular weight excluding hydrogens is 268 g/mol. The number of hydrogen-bond donors (Lipinski definition) is 1. The molecular formula is C16H28N2O3. The Kier molecular flexibility index (Phi) is 5.25. The van der Waals surface area contributed by atoms with Crippen molar-refractivity contribution in [3.8, 4) is 0 Å². The lowest BCUT2D eigenvalue weighted by atomic mass is 9.68. The zero-order chi connectivity index (χ0) is 15.5. The maximum absolute atomic E-state index is 13.0. The lowest BCUT2D eigenvalue weighted by Gasteiger charge is -2.43. The second-order valence-corrected chi connectivity index (χ2v) is 6.79. The molecule has 2 unspecified atom stereocenters. The number of hydrogen-bond acceptors (Lipinski definition) is 4. The van der Waals surface area contributed by atoms with Crippen molar-refractivity contribution in [3.05, 3.63) is 0 Å². The van der Waals surface area contributed by atoms with Gasteiger partial charge >= 0.3 is 5.97 Å². The fraction of sp³-hybridized carbons (Fsp3) is 0.875. The van der Waals surface area contributed by atoms with Crippen molar-refractivity contribution in [2.24, 2.45) is 11.3 Å². The monoisotopic (exact) mass is 296 g/mol. The van der Waals surface area contributed by atoms with Gasteiger partial charge in [0.2, 0.25) is 5.91 Å². The normalized spacial score (nSPS) is 29.0. The molecule has 2 aliphatic rings. The van der Waals surface area contributed by atoms with Crippen LogP contribution in [-0.2, 0) is 14.3 Å². The number of amides is 1. The second kappa shape index (κ2) is 6.77. The first-order chi connectivity index (χ1) is 9.97. The van der Waals surface area contributed by atoms with Crippen LogP contribution in [0.3, 0.4) is 0 Å². The number of carbonyl (C=O) groups is 2. The molecule has 2 fully saturated rings. The highest BCUT2D eigenvalue weighted by molar-refractivity contribution is 5.86. The number of piperazine rings is 1. The molecule has 5 heteroatoms. The molecule has 21 heavy (non-hydrogen) atoms. The van der Waals surface area contributed by atoms with Crippen LogP contribution in [0.2, 0.25) is 0 Å². The van der Waals surface area contributed by atoms with Gasteiger partial charge in [-0.15, -0.1) is 0 Å². The highest BCUT2D eigenvalue weighted by Crippen LogP contribution is 2.41. The Morgan fingerprint density at radius 3 is 2.76 bits per heavy atom. The standard InChI is InChI=1S/C16H28N2O3/c1-4-21-15(20)13-11-17-9-10-18(13)14(19)12-7-5-6-8-16(12,2)3/h12-13,17H,4-11H2,1-3H3. The van der Waals surface area contributed by atoms with Crippen LogP contribution in [-0.4, -0.2) is 49.1 Å². The molecule has 0 aromatic heterocycles. The van der Waals surface area contributed by atoms with Crippen LogP contribution in [0.25, 0.3) is 0 Å². The van der Waals surface area contributed by atoms with Crippen LogP contribution in [0.1, 0.15) is 46.5 Å². The van der Waals surface area contributed by atoms with E-state index in [1.54, 1.807) is 11.8 Å². The summed E-state index contributed by atoms with van der Waals surface area (Å²) in [4.78, 5) is 26.8. The van der Waals surface area contributed by atoms with Crippen molar-refractivity contribution < 1.29 is 14.3 Å². The van der Waals surface area contributed by atoms with Gasteiger partial charge in [-0.3, -0.25) is 4.79 Å². The Bertz CT molecular complexity index is 395. The number of nitrogens with zero attached hydrogens (tertiary/aromatic N) is 1. The van der Waals surface area contributed by atoms with Crippen LogP contribution in [0, 0.1) is 11.3 Å². The van der Waals surface area contributed by atoms with Crippen molar-refractivity contribution in [1.82, 2.24) is 10.2 Å². The third kappa shape index (κ3) is 3.57. The zero-order valence-corrected chi connectivity index (χ0v) is 13.5. The molecule has 1 amide bonds. The molecule has 1 N–H and O–H groups in total. The predicted octanol–water partition coefficient (Wildman–Crippen LogP) is 1.57. The summed E-state index contributed by atoms with van der Waals surface area (Å²) >= 11 is 0. The molecule has 0 aromatic rings. The van der Waals surface area contributed by atoms with Gasteiger partial charge in [-0.05, 0) is 25.2 Å².